The van der Waals surface area contributed by atoms with Crippen LogP contribution in [0.2, 0.25) is 5.02 Å². The topological polar surface area (TPSA) is 106 Å². The van der Waals surface area contributed by atoms with Crippen molar-refractivity contribution < 1.29 is 13.2 Å². The molecule has 1 aromatic carbocycles. The van der Waals surface area contributed by atoms with Crippen molar-refractivity contribution in [2.45, 2.75) is 6.92 Å². The van der Waals surface area contributed by atoms with E-state index in [4.69, 9.17) is 11.6 Å². The molecule has 0 atom stereocenters. The molecule has 0 aliphatic carbocycles. The number of hydrogen-bond acceptors (Lipinski definition) is 5. The quantitative estimate of drug-likeness (QED) is 0.708. The Bertz CT molecular complexity index is 1120. The highest BCUT2D eigenvalue weighted by molar-refractivity contribution is 7.92. The first-order chi connectivity index (χ1) is 12.1. The van der Waals surface area contributed by atoms with Gasteiger partial charge < -0.3 is 5.32 Å². The summed E-state index contributed by atoms with van der Waals surface area (Å²) in [6.07, 6.45) is 2.50. The van der Waals surface area contributed by atoms with Gasteiger partial charge in [0, 0.05) is 24.3 Å². The summed E-state index contributed by atoms with van der Waals surface area (Å²) in [6.45, 7) is 1.85. The number of aromatic nitrogens is 3. The number of carbonyl (C=O) groups excluding carboxylic acids is 1. The van der Waals surface area contributed by atoms with Crippen molar-refractivity contribution in [2.24, 2.45) is 7.05 Å². The number of benzene rings is 1. The van der Waals surface area contributed by atoms with E-state index in [1.807, 2.05) is 6.92 Å². The summed E-state index contributed by atoms with van der Waals surface area (Å²) in [5, 5.41) is 7.95. The van der Waals surface area contributed by atoms with E-state index in [0.29, 0.717) is 16.9 Å². The van der Waals surface area contributed by atoms with E-state index in [9.17, 15) is 13.2 Å². The summed E-state index contributed by atoms with van der Waals surface area (Å²) < 4.78 is 26.5. The first kappa shape index (κ1) is 18.2. The van der Waals surface area contributed by atoms with E-state index < -0.39 is 10.0 Å². The molecule has 0 bridgehead atoms. The van der Waals surface area contributed by atoms with Gasteiger partial charge in [-0.3, -0.25) is 14.2 Å². The van der Waals surface area contributed by atoms with Crippen molar-refractivity contribution in [3.63, 3.8) is 0 Å². The monoisotopic (exact) mass is 393 g/mol. The molecule has 2 aromatic heterocycles. The van der Waals surface area contributed by atoms with Gasteiger partial charge in [-0.05, 0) is 31.2 Å². The molecule has 0 saturated carbocycles. The van der Waals surface area contributed by atoms with Crippen molar-refractivity contribution in [1.29, 1.82) is 0 Å². The van der Waals surface area contributed by atoms with E-state index >= 15 is 0 Å². The number of fused-ring (bicyclic) bond motifs is 1. The zero-order chi connectivity index (χ0) is 19.1. The second-order valence-corrected chi connectivity index (χ2v) is 7.98. The molecule has 3 rings (SSSR count). The van der Waals surface area contributed by atoms with Crippen LogP contribution in [0.3, 0.4) is 0 Å². The smallest absolute Gasteiger partial charge is 0.257 e. The van der Waals surface area contributed by atoms with Crippen LogP contribution < -0.4 is 10.0 Å². The number of pyridine rings is 1. The van der Waals surface area contributed by atoms with Crippen molar-refractivity contribution in [2.75, 3.05) is 16.3 Å². The second-order valence-electron chi connectivity index (χ2n) is 5.83. The molecule has 10 heteroatoms. The molecule has 2 heterocycles. The summed E-state index contributed by atoms with van der Waals surface area (Å²) in [5.74, 6) is -0.359. The second kappa shape index (κ2) is 6.58. The Morgan fingerprint density at radius 1 is 1.27 bits per heavy atom. The highest BCUT2D eigenvalue weighted by atomic mass is 35.5. The highest BCUT2D eigenvalue weighted by Gasteiger charge is 2.13. The third-order valence-electron chi connectivity index (χ3n) is 3.65. The first-order valence-electron chi connectivity index (χ1n) is 7.52. The molecule has 0 aliphatic heterocycles. The van der Waals surface area contributed by atoms with Gasteiger partial charge in [-0.1, -0.05) is 11.6 Å². The van der Waals surface area contributed by atoms with Crippen LogP contribution in [0.5, 0.6) is 0 Å². The fraction of sp³-hybridized carbons (Fsp3) is 0.188. The molecule has 0 aliphatic rings. The molecule has 0 unspecified atom stereocenters. The van der Waals surface area contributed by atoms with E-state index in [-0.39, 0.29) is 16.6 Å². The molecular weight excluding hydrogens is 378 g/mol. The molecule has 136 valence electrons. The van der Waals surface area contributed by atoms with Crippen LogP contribution in [0.1, 0.15) is 16.1 Å². The molecular formula is C16H16ClN5O3S. The number of sulfonamides is 1. The number of aryl methyl sites for hydroxylation is 2. The highest BCUT2D eigenvalue weighted by Crippen LogP contribution is 2.26. The molecule has 0 radical (unpaired) electrons. The zero-order valence-electron chi connectivity index (χ0n) is 14.2. The maximum absolute atomic E-state index is 12.5. The number of halogens is 1. The van der Waals surface area contributed by atoms with Gasteiger partial charge in [0.1, 0.15) is 0 Å². The lowest BCUT2D eigenvalue weighted by Crippen LogP contribution is -2.13. The maximum atomic E-state index is 12.5. The van der Waals surface area contributed by atoms with E-state index in [1.54, 1.807) is 23.9 Å². The van der Waals surface area contributed by atoms with Crippen molar-refractivity contribution >= 4 is 49.9 Å². The third-order valence-corrected chi connectivity index (χ3v) is 4.55. The summed E-state index contributed by atoms with van der Waals surface area (Å²) in [5.41, 5.74) is 2.52. The summed E-state index contributed by atoms with van der Waals surface area (Å²) in [7, 11) is -1.65. The number of amides is 1. The number of nitrogens with zero attached hydrogens (tertiary/aromatic N) is 3. The SMILES string of the molecule is Cc1nn(C)c2ncc(C(=O)Nc3ccc(NS(C)(=O)=O)c(Cl)c3)cc12. The Balaban J connectivity index is 1.84. The van der Waals surface area contributed by atoms with Gasteiger partial charge in [0.15, 0.2) is 5.65 Å². The number of hydrogen-bond donors (Lipinski definition) is 2. The van der Waals surface area contributed by atoms with Gasteiger partial charge in [0.2, 0.25) is 10.0 Å². The number of rotatable bonds is 4. The molecule has 0 spiro atoms. The lowest BCUT2D eigenvalue weighted by atomic mass is 10.2. The average Bonchev–Trinajstić information content (AvgIpc) is 2.83. The lowest BCUT2D eigenvalue weighted by molar-refractivity contribution is 0.102. The molecule has 2 N–H and O–H groups in total. The van der Waals surface area contributed by atoms with Gasteiger partial charge in [0.25, 0.3) is 5.91 Å². The van der Waals surface area contributed by atoms with Crippen LogP contribution in [0.25, 0.3) is 11.0 Å². The first-order valence-corrected chi connectivity index (χ1v) is 9.79. The minimum absolute atomic E-state index is 0.171. The van der Waals surface area contributed by atoms with Crippen molar-refractivity contribution in [3.05, 3.63) is 46.7 Å². The summed E-state index contributed by atoms with van der Waals surface area (Å²) >= 11 is 6.06. The molecule has 1 amide bonds. The van der Waals surface area contributed by atoms with Crippen molar-refractivity contribution in [1.82, 2.24) is 14.8 Å². The molecule has 26 heavy (non-hydrogen) atoms. The van der Waals surface area contributed by atoms with Crippen LogP contribution in [0, 0.1) is 6.92 Å². The minimum atomic E-state index is -3.44. The Hall–Kier alpha value is -2.65. The standard InChI is InChI=1S/C16H16ClN5O3S/c1-9-12-6-10(8-18-15(12)22(2)20-9)16(23)19-11-4-5-14(13(17)7-11)21-26(3,24)25/h4-8,21H,1-3H3,(H,19,23). The van der Waals surface area contributed by atoms with Crippen LogP contribution in [0.15, 0.2) is 30.5 Å². The van der Waals surface area contributed by atoms with E-state index in [2.05, 4.69) is 20.1 Å². The zero-order valence-corrected chi connectivity index (χ0v) is 15.8. The van der Waals surface area contributed by atoms with Crippen LogP contribution in [-0.2, 0) is 17.1 Å². The van der Waals surface area contributed by atoms with Gasteiger partial charge in [-0.15, -0.1) is 0 Å². The number of carbonyl (C=O) groups is 1. The Kier molecular flexibility index (Phi) is 4.59. The Labute approximate surface area is 155 Å². The minimum Gasteiger partial charge on any atom is -0.322 e. The predicted molar refractivity (Wildman–Crippen MR) is 101 cm³/mol. The van der Waals surface area contributed by atoms with Crippen LogP contribution in [-0.4, -0.2) is 35.3 Å². The van der Waals surface area contributed by atoms with Gasteiger partial charge in [-0.2, -0.15) is 5.10 Å². The Morgan fingerprint density at radius 2 is 2.00 bits per heavy atom. The van der Waals surface area contributed by atoms with Gasteiger partial charge in [-0.25, -0.2) is 13.4 Å². The molecule has 3 aromatic rings. The van der Waals surface area contributed by atoms with Crippen molar-refractivity contribution in [3.8, 4) is 0 Å². The van der Waals surface area contributed by atoms with Gasteiger partial charge >= 0.3 is 0 Å². The normalized spacial score (nSPS) is 11.5. The van der Waals surface area contributed by atoms with Crippen LogP contribution in [0.4, 0.5) is 11.4 Å². The van der Waals surface area contributed by atoms with E-state index in [0.717, 1.165) is 17.3 Å². The molecule has 0 saturated heterocycles. The predicted octanol–water partition coefficient (Wildman–Crippen LogP) is 2.55. The number of nitrogens with one attached hydrogen (secondary N) is 2. The summed E-state index contributed by atoms with van der Waals surface area (Å²) in [6, 6.07) is 6.22. The lowest BCUT2D eigenvalue weighted by Gasteiger charge is -2.10. The van der Waals surface area contributed by atoms with E-state index in [1.165, 1.54) is 18.3 Å². The average molecular weight is 394 g/mol. The Morgan fingerprint density at radius 3 is 2.65 bits per heavy atom. The molecule has 0 fully saturated rings. The number of anilines is 2. The fourth-order valence-corrected chi connectivity index (χ4v) is 3.37. The molecule has 8 nitrogen and oxygen atoms in total. The fourth-order valence-electron chi connectivity index (χ4n) is 2.51. The van der Waals surface area contributed by atoms with Crippen LogP contribution >= 0.6 is 11.6 Å². The maximum Gasteiger partial charge on any atom is 0.257 e. The third kappa shape index (κ3) is 3.78. The summed E-state index contributed by atoms with van der Waals surface area (Å²) in [4.78, 5) is 16.7. The largest absolute Gasteiger partial charge is 0.322 e. The van der Waals surface area contributed by atoms with Gasteiger partial charge in [0.05, 0.1) is 28.2 Å².